The van der Waals surface area contributed by atoms with Crippen LogP contribution in [0.1, 0.15) is 24.3 Å². The smallest absolute Gasteiger partial charge is 0.331 e. The highest BCUT2D eigenvalue weighted by Crippen LogP contribution is 2.35. The molecule has 1 aliphatic heterocycles. The summed E-state index contributed by atoms with van der Waals surface area (Å²) in [5.41, 5.74) is 0.386. The fourth-order valence-corrected chi connectivity index (χ4v) is 3.62. The molecule has 4 rings (SSSR count). The molecule has 1 N–H and O–H groups in total. The average Bonchev–Trinajstić information content (AvgIpc) is 3.30. The van der Waals surface area contributed by atoms with E-state index in [1.165, 1.54) is 37.5 Å². The van der Waals surface area contributed by atoms with E-state index in [-0.39, 0.29) is 28.3 Å². The lowest BCUT2D eigenvalue weighted by Gasteiger charge is -2.31. The summed E-state index contributed by atoms with van der Waals surface area (Å²) in [6.45, 7) is 1.67. The Morgan fingerprint density at radius 1 is 1.09 bits per heavy atom. The van der Waals surface area contributed by atoms with Crippen molar-refractivity contribution in [3.63, 3.8) is 0 Å². The van der Waals surface area contributed by atoms with Gasteiger partial charge in [0.25, 0.3) is 17.5 Å². The minimum atomic E-state index is -0.861. The average molecular weight is 461 g/mol. The zero-order valence-electron chi connectivity index (χ0n) is 18.2. The number of hydrogen-bond donors (Lipinski definition) is 1. The van der Waals surface area contributed by atoms with Crippen LogP contribution in [-0.4, -0.2) is 34.8 Å². The number of hydrogen-bond acceptors (Lipinski definition) is 7. The molecule has 0 spiro atoms. The van der Waals surface area contributed by atoms with E-state index in [2.05, 4.69) is 5.32 Å². The molecule has 172 valence electrons. The Balaban J connectivity index is 1.67. The molecule has 1 aromatic heterocycles. The van der Waals surface area contributed by atoms with Gasteiger partial charge in [-0.15, -0.1) is 0 Å². The number of ether oxygens (including phenoxy) is 1. The zero-order chi connectivity index (χ0) is 24.4. The van der Waals surface area contributed by atoms with Crippen molar-refractivity contribution in [2.24, 2.45) is 0 Å². The molecule has 0 unspecified atom stereocenters. The monoisotopic (exact) mass is 461 g/mol. The second kappa shape index (κ2) is 9.02. The van der Waals surface area contributed by atoms with Crippen LogP contribution in [0.25, 0.3) is 17.4 Å². The molecule has 1 aliphatic rings. The lowest BCUT2D eigenvalue weighted by atomic mass is 10.0. The fourth-order valence-electron chi connectivity index (χ4n) is 3.62. The molecule has 1 fully saturated rings. The van der Waals surface area contributed by atoms with Crippen LogP contribution in [0.5, 0.6) is 5.75 Å². The van der Waals surface area contributed by atoms with Crippen LogP contribution in [0.15, 0.2) is 70.7 Å². The van der Waals surface area contributed by atoms with Crippen LogP contribution < -0.4 is 10.1 Å². The summed E-state index contributed by atoms with van der Waals surface area (Å²) < 4.78 is 10.7. The zero-order valence-corrected chi connectivity index (χ0v) is 18.2. The molecule has 0 radical (unpaired) electrons. The van der Waals surface area contributed by atoms with Gasteiger partial charge in [0.15, 0.2) is 0 Å². The summed E-state index contributed by atoms with van der Waals surface area (Å²) in [7, 11) is 1.40. The quantitative estimate of drug-likeness (QED) is 0.253. The maximum atomic E-state index is 13.1. The van der Waals surface area contributed by atoms with Crippen molar-refractivity contribution in [1.82, 2.24) is 10.2 Å². The van der Waals surface area contributed by atoms with Gasteiger partial charge in [0, 0.05) is 0 Å². The van der Waals surface area contributed by atoms with Gasteiger partial charge < -0.3 is 9.15 Å². The second-order valence-electron chi connectivity index (χ2n) is 7.42. The molecular weight excluding hydrogens is 442 g/mol. The van der Waals surface area contributed by atoms with Crippen molar-refractivity contribution in [3.05, 3.63) is 87.7 Å². The number of nitro groups is 1. The van der Waals surface area contributed by atoms with Gasteiger partial charge in [-0.25, -0.2) is 4.79 Å². The summed E-state index contributed by atoms with van der Waals surface area (Å²) in [5, 5.41) is 13.7. The van der Waals surface area contributed by atoms with Crippen LogP contribution in [0.4, 0.5) is 10.5 Å². The number of rotatable bonds is 6. The van der Waals surface area contributed by atoms with E-state index in [4.69, 9.17) is 9.15 Å². The van der Waals surface area contributed by atoms with Gasteiger partial charge in [0.1, 0.15) is 22.8 Å². The van der Waals surface area contributed by atoms with Gasteiger partial charge in [-0.1, -0.05) is 30.3 Å². The number of methoxy groups -OCH3 is 1. The standard InChI is InChI=1S/C24H19N3O7/c1-14(15-6-4-3-5-7-15)26-23(29)19(22(28)25-24(26)30)12-17-9-11-21(34-17)18-10-8-16(33-2)13-20(18)27(31)32/h3-14H,1-2H3,(H,25,28,30)/b19-12-/t14-/m0/s1. The third-order valence-electron chi connectivity index (χ3n) is 5.38. The highest BCUT2D eigenvalue weighted by Gasteiger charge is 2.39. The third kappa shape index (κ3) is 4.16. The van der Waals surface area contributed by atoms with Crippen molar-refractivity contribution in [3.8, 4) is 17.1 Å². The van der Waals surface area contributed by atoms with E-state index in [0.29, 0.717) is 11.3 Å². The molecule has 3 aromatic rings. The number of nitrogens with zero attached hydrogens (tertiary/aromatic N) is 2. The topological polar surface area (TPSA) is 132 Å². The Bertz CT molecular complexity index is 1330. The Hall–Kier alpha value is -4.73. The van der Waals surface area contributed by atoms with Gasteiger partial charge in [0.05, 0.1) is 29.7 Å². The third-order valence-corrected chi connectivity index (χ3v) is 5.38. The number of nitro benzene ring substituents is 1. The first-order valence-electron chi connectivity index (χ1n) is 10.2. The molecule has 2 aromatic carbocycles. The molecule has 0 saturated carbocycles. The first kappa shape index (κ1) is 22.5. The molecule has 1 saturated heterocycles. The summed E-state index contributed by atoms with van der Waals surface area (Å²) in [4.78, 5) is 49.8. The van der Waals surface area contributed by atoms with Crippen LogP contribution in [-0.2, 0) is 9.59 Å². The minimum Gasteiger partial charge on any atom is -0.497 e. The minimum absolute atomic E-state index is 0.111. The van der Waals surface area contributed by atoms with Crippen LogP contribution in [0.2, 0.25) is 0 Å². The summed E-state index contributed by atoms with van der Waals surface area (Å²) in [6.07, 6.45) is 1.20. The Morgan fingerprint density at radius 2 is 1.82 bits per heavy atom. The number of nitrogens with one attached hydrogen (secondary N) is 1. The van der Waals surface area contributed by atoms with Crippen molar-refractivity contribution in [2.45, 2.75) is 13.0 Å². The molecule has 2 heterocycles. The summed E-state index contributed by atoms with van der Waals surface area (Å²) in [6, 6.07) is 14.7. The molecule has 34 heavy (non-hydrogen) atoms. The van der Waals surface area contributed by atoms with Gasteiger partial charge in [0.2, 0.25) is 0 Å². The van der Waals surface area contributed by atoms with Crippen molar-refractivity contribution in [1.29, 1.82) is 0 Å². The van der Waals surface area contributed by atoms with E-state index in [1.807, 2.05) is 6.07 Å². The number of benzene rings is 2. The number of barbiturate groups is 1. The summed E-state index contributed by atoms with van der Waals surface area (Å²) >= 11 is 0. The molecular formula is C24H19N3O7. The lowest BCUT2D eigenvalue weighted by Crippen LogP contribution is -2.54. The van der Waals surface area contributed by atoms with E-state index >= 15 is 0 Å². The van der Waals surface area contributed by atoms with Crippen molar-refractivity contribution in [2.75, 3.05) is 7.11 Å². The van der Waals surface area contributed by atoms with Crippen molar-refractivity contribution < 1.29 is 28.5 Å². The second-order valence-corrected chi connectivity index (χ2v) is 7.42. The van der Waals surface area contributed by atoms with Crippen molar-refractivity contribution >= 4 is 29.6 Å². The Kier molecular flexibility index (Phi) is 5.96. The number of furan rings is 1. The number of amides is 4. The van der Waals surface area contributed by atoms with E-state index < -0.39 is 28.8 Å². The molecule has 10 nitrogen and oxygen atoms in total. The van der Waals surface area contributed by atoms with Gasteiger partial charge in [-0.3, -0.25) is 29.9 Å². The normalized spacial score (nSPS) is 15.9. The SMILES string of the molecule is COc1ccc(-c2ccc(/C=C3/C(=O)NC(=O)N([C@@H](C)c4ccccc4)C3=O)o2)c([N+](=O)[O-])c1. The predicted molar refractivity (Wildman–Crippen MR) is 121 cm³/mol. The van der Waals surface area contributed by atoms with Crippen LogP contribution in [0, 0.1) is 10.1 Å². The summed E-state index contributed by atoms with van der Waals surface area (Å²) in [5.74, 6) is -1.06. The molecule has 4 amide bonds. The highest BCUT2D eigenvalue weighted by molar-refractivity contribution is 6.31. The number of urea groups is 1. The largest absolute Gasteiger partial charge is 0.497 e. The first-order valence-corrected chi connectivity index (χ1v) is 10.2. The number of carbonyl (C=O) groups excluding carboxylic acids is 3. The lowest BCUT2D eigenvalue weighted by molar-refractivity contribution is -0.384. The first-order chi connectivity index (χ1) is 16.3. The molecule has 1 atom stereocenters. The van der Waals surface area contributed by atoms with Gasteiger partial charge in [-0.2, -0.15) is 0 Å². The fraction of sp³-hybridized carbons (Fsp3) is 0.125. The van der Waals surface area contributed by atoms with Crippen LogP contribution >= 0.6 is 0 Å². The van der Waals surface area contributed by atoms with E-state index in [9.17, 15) is 24.5 Å². The Labute approximate surface area is 193 Å². The van der Waals surface area contributed by atoms with Gasteiger partial charge in [-0.05, 0) is 42.8 Å². The van der Waals surface area contributed by atoms with Gasteiger partial charge >= 0.3 is 6.03 Å². The Morgan fingerprint density at radius 3 is 2.50 bits per heavy atom. The maximum Gasteiger partial charge on any atom is 0.331 e. The molecule has 10 heteroatoms. The van der Waals surface area contributed by atoms with E-state index in [0.717, 1.165) is 4.90 Å². The maximum absolute atomic E-state index is 13.1. The number of carbonyl (C=O) groups is 3. The molecule has 0 bridgehead atoms. The predicted octanol–water partition coefficient (Wildman–Crippen LogP) is 4.09. The molecule has 0 aliphatic carbocycles. The van der Waals surface area contributed by atoms with E-state index in [1.54, 1.807) is 37.3 Å². The number of imide groups is 2. The highest BCUT2D eigenvalue weighted by atomic mass is 16.6. The van der Waals surface area contributed by atoms with Crippen LogP contribution in [0.3, 0.4) is 0 Å².